The maximum absolute atomic E-state index is 12.3. The Hall–Kier alpha value is -2.98. The van der Waals surface area contributed by atoms with E-state index in [1.54, 1.807) is 12.1 Å². The van der Waals surface area contributed by atoms with Gasteiger partial charge in [0, 0.05) is 12.1 Å². The molecule has 1 saturated heterocycles. The highest BCUT2D eigenvalue weighted by Crippen LogP contribution is 2.27. The minimum absolute atomic E-state index is 0.00399. The smallest absolute Gasteiger partial charge is 0.407 e. The average molecular weight is 434 g/mol. The molecule has 1 aromatic rings. The lowest BCUT2D eigenvalue weighted by molar-refractivity contribution is -0.124. The molecule has 0 aromatic heterocycles. The van der Waals surface area contributed by atoms with Crippen LogP contribution in [0, 0.1) is 5.41 Å². The van der Waals surface area contributed by atoms with E-state index in [0.717, 1.165) is 18.4 Å². The monoisotopic (exact) mass is 433 g/mol. The summed E-state index contributed by atoms with van der Waals surface area (Å²) in [7, 11) is 0. The van der Waals surface area contributed by atoms with E-state index < -0.39 is 12.1 Å². The van der Waals surface area contributed by atoms with E-state index >= 15 is 0 Å². The van der Waals surface area contributed by atoms with E-state index in [0.29, 0.717) is 12.0 Å². The van der Waals surface area contributed by atoms with E-state index in [9.17, 15) is 14.4 Å². The quantitative estimate of drug-likeness (QED) is 0.200. The number of benzene rings is 1. The van der Waals surface area contributed by atoms with Crippen LogP contribution in [0.1, 0.15) is 56.7 Å². The standard InChI is InChI=1S/C21H31N5O5/c1-3-4-9-30-21(29)25-18(13(2)27)12-24-19(28)11-16-10-17(26-31-16)14-5-7-15(8-6-14)20(22)23/h5-8,16-18,26H,3-4,9-12H2,1-2H3,(H3,22,23)(H,24,28)(H,25,29). The molecule has 1 fully saturated rings. The molecule has 3 unspecified atom stereocenters. The Balaban J connectivity index is 1.76. The third kappa shape index (κ3) is 7.99. The molecule has 0 aliphatic carbocycles. The Morgan fingerprint density at radius 3 is 2.65 bits per heavy atom. The fourth-order valence-electron chi connectivity index (χ4n) is 3.05. The highest BCUT2D eigenvalue weighted by molar-refractivity contribution is 5.94. The molecule has 2 rings (SSSR count). The van der Waals surface area contributed by atoms with Crippen molar-refractivity contribution in [1.82, 2.24) is 16.1 Å². The molecule has 6 N–H and O–H groups in total. The van der Waals surface area contributed by atoms with Crippen LogP contribution in [0.5, 0.6) is 0 Å². The third-order valence-corrected chi connectivity index (χ3v) is 4.93. The van der Waals surface area contributed by atoms with Gasteiger partial charge in [-0.15, -0.1) is 0 Å². The summed E-state index contributed by atoms with van der Waals surface area (Å²) < 4.78 is 4.99. The van der Waals surface area contributed by atoms with E-state index in [2.05, 4.69) is 16.1 Å². The normalized spacial score (nSPS) is 18.8. The molecular weight excluding hydrogens is 402 g/mol. The summed E-state index contributed by atoms with van der Waals surface area (Å²) in [6.07, 6.45) is 1.32. The largest absolute Gasteiger partial charge is 0.450 e. The molecule has 0 saturated carbocycles. The van der Waals surface area contributed by atoms with Gasteiger partial charge in [-0.2, -0.15) is 5.48 Å². The Bertz CT molecular complexity index is 783. The first kappa shape index (κ1) is 24.3. The molecule has 1 aliphatic rings. The summed E-state index contributed by atoms with van der Waals surface area (Å²) in [6.45, 7) is 3.58. The molecule has 1 aromatic carbocycles. The molecule has 3 atom stereocenters. The fraction of sp³-hybridized carbons (Fsp3) is 0.524. The number of ether oxygens (including phenoxy) is 1. The first-order valence-corrected chi connectivity index (χ1v) is 10.4. The summed E-state index contributed by atoms with van der Waals surface area (Å²) in [4.78, 5) is 41.3. The number of amidine groups is 1. The number of nitrogen functional groups attached to an aromatic ring is 1. The number of nitrogens with one attached hydrogen (secondary N) is 4. The number of carbonyl (C=O) groups excluding carboxylic acids is 3. The number of Topliss-reactive ketones (excluding diaryl/α,β-unsaturated/α-hetero) is 1. The van der Waals surface area contributed by atoms with Crippen molar-refractivity contribution in [2.75, 3.05) is 13.2 Å². The highest BCUT2D eigenvalue weighted by atomic mass is 16.7. The molecular formula is C21H31N5O5. The number of unbranched alkanes of at least 4 members (excludes halogenated alkanes) is 1. The second-order valence-electron chi connectivity index (χ2n) is 7.49. The Morgan fingerprint density at radius 2 is 2.03 bits per heavy atom. The Labute approximate surface area is 181 Å². The molecule has 2 amide bonds. The lowest BCUT2D eigenvalue weighted by atomic mass is 9.99. The van der Waals surface area contributed by atoms with Crippen LogP contribution in [0.3, 0.4) is 0 Å². The van der Waals surface area contributed by atoms with Gasteiger partial charge in [0.2, 0.25) is 5.91 Å². The van der Waals surface area contributed by atoms with Gasteiger partial charge in [-0.1, -0.05) is 37.6 Å². The molecule has 0 radical (unpaired) electrons. The lowest BCUT2D eigenvalue weighted by Crippen LogP contribution is -2.48. The van der Waals surface area contributed by atoms with E-state index in [-0.39, 0.29) is 49.2 Å². The summed E-state index contributed by atoms with van der Waals surface area (Å²) in [5.41, 5.74) is 9.99. The van der Waals surface area contributed by atoms with Gasteiger partial charge < -0.3 is 21.1 Å². The molecule has 10 nitrogen and oxygen atoms in total. The van der Waals surface area contributed by atoms with Gasteiger partial charge in [0.05, 0.1) is 25.2 Å². The van der Waals surface area contributed by atoms with Gasteiger partial charge in [0.25, 0.3) is 0 Å². The fourth-order valence-corrected chi connectivity index (χ4v) is 3.05. The maximum atomic E-state index is 12.3. The maximum Gasteiger partial charge on any atom is 0.407 e. The number of rotatable bonds is 11. The minimum Gasteiger partial charge on any atom is -0.450 e. The van der Waals surface area contributed by atoms with E-state index in [1.807, 2.05) is 19.1 Å². The number of amides is 2. The number of hydroxylamine groups is 1. The van der Waals surface area contributed by atoms with Crippen LogP contribution in [0.4, 0.5) is 4.79 Å². The van der Waals surface area contributed by atoms with Crippen molar-refractivity contribution < 1.29 is 24.0 Å². The molecule has 1 aliphatic heterocycles. The number of ketones is 1. The van der Waals surface area contributed by atoms with Crippen LogP contribution < -0.4 is 21.8 Å². The van der Waals surface area contributed by atoms with Gasteiger partial charge in [0.1, 0.15) is 11.9 Å². The molecule has 1 heterocycles. The van der Waals surface area contributed by atoms with Gasteiger partial charge in [-0.05, 0) is 25.3 Å². The highest BCUT2D eigenvalue weighted by Gasteiger charge is 2.29. The predicted molar refractivity (Wildman–Crippen MR) is 114 cm³/mol. The van der Waals surface area contributed by atoms with E-state index in [4.69, 9.17) is 20.7 Å². The second kappa shape index (κ2) is 12.0. The first-order chi connectivity index (χ1) is 14.8. The number of hydrogen-bond acceptors (Lipinski definition) is 7. The molecule has 10 heteroatoms. The minimum atomic E-state index is -0.853. The van der Waals surface area contributed by atoms with Gasteiger partial charge in [0.15, 0.2) is 5.78 Å². The topological polar surface area (TPSA) is 156 Å². The van der Waals surface area contributed by atoms with Crippen LogP contribution in [0.15, 0.2) is 24.3 Å². The zero-order valence-electron chi connectivity index (χ0n) is 17.9. The van der Waals surface area contributed by atoms with Crippen molar-refractivity contribution in [3.05, 3.63) is 35.4 Å². The second-order valence-corrected chi connectivity index (χ2v) is 7.49. The molecule has 0 bridgehead atoms. The molecule has 0 spiro atoms. The van der Waals surface area contributed by atoms with Crippen molar-refractivity contribution in [3.8, 4) is 0 Å². The van der Waals surface area contributed by atoms with Crippen LogP contribution in [0.25, 0.3) is 0 Å². The summed E-state index contributed by atoms with van der Waals surface area (Å²) >= 11 is 0. The number of carbonyl (C=O) groups is 3. The number of nitrogens with two attached hydrogens (primary N) is 1. The van der Waals surface area contributed by atoms with Crippen LogP contribution in [-0.2, 0) is 19.2 Å². The SMILES string of the molecule is CCCCOC(=O)NC(CNC(=O)CC1CC(c2ccc(C(=N)N)cc2)NO1)C(C)=O. The summed E-state index contributed by atoms with van der Waals surface area (Å²) in [6, 6.07) is 6.33. The van der Waals surface area contributed by atoms with Crippen molar-refractivity contribution in [2.45, 2.75) is 57.7 Å². The first-order valence-electron chi connectivity index (χ1n) is 10.4. The van der Waals surface area contributed by atoms with Crippen molar-refractivity contribution >= 4 is 23.6 Å². The Morgan fingerprint density at radius 1 is 1.32 bits per heavy atom. The summed E-state index contributed by atoms with van der Waals surface area (Å²) in [5, 5.41) is 12.6. The van der Waals surface area contributed by atoms with Crippen LogP contribution in [-0.4, -0.2) is 48.9 Å². The predicted octanol–water partition coefficient (Wildman–Crippen LogP) is 1.30. The average Bonchev–Trinajstić information content (AvgIpc) is 3.19. The van der Waals surface area contributed by atoms with Crippen molar-refractivity contribution in [3.63, 3.8) is 0 Å². The molecule has 170 valence electrons. The van der Waals surface area contributed by atoms with Crippen LogP contribution in [0.2, 0.25) is 0 Å². The number of alkyl carbamates (subject to hydrolysis) is 1. The summed E-state index contributed by atoms with van der Waals surface area (Å²) in [5.74, 6) is -0.559. The van der Waals surface area contributed by atoms with Gasteiger partial charge in [-0.3, -0.25) is 19.8 Å². The lowest BCUT2D eigenvalue weighted by Gasteiger charge is -2.17. The van der Waals surface area contributed by atoms with Gasteiger partial charge >= 0.3 is 6.09 Å². The van der Waals surface area contributed by atoms with E-state index in [1.165, 1.54) is 6.92 Å². The van der Waals surface area contributed by atoms with Crippen LogP contribution >= 0.6 is 0 Å². The van der Waals surface area contributed by atoms with Crippen molar-refractivity contribution in [2.24, 2.45) is 5.73 Å². The third-order valence-electron chi connectivity index (χ3n) is 4.93. The Kier molecular flexibility index (Phi) is 9.41. The zero-order chi connectivity index (χ0) is 22.8. The van der Waals surface area contributed by atoms with Crippen molar-refractivity contribution in [1.29, 1.82) is 5.41 Å². The zero-order valence-corrected chi connectivity index (χ0v) is 17.9. The number of hydrogen-bond donors (Lipinski definition) is 5. The van der Waals surface area contributed by atoms with Gasteiger partial charge in [-0.25, -0.2) is 4.79 Å². The molecule has 31 heavy (non-hydrogen) atoms.